The molecule has 0 N–H and O–H groups in total. The van der Waals surface area contributed by atoms with E-state index in [1.807, 2.05) is 11.3 Å². The summed E-state index contributed by atoms with van der Waals surface area (Å²) in [4.78, 5) is 16.0. The van der Waals surface area contributed by atoms with Crippen molar-refractivity contribution in [2.45, 2.75) is 62.8 Å². The summed E-state index contributed by atoms with van der Waals surface area (Å²) in [7, 11) is 4.13. The number of carbonyl (C=O) groups is 1. The molecule has 2 aliphatic carbocycles. The van der Waals surface area contributed by atoms with Crippen LogP contribution in [-0.4, -0.2) is 30.8 Å². The van der Waals surface area contributed by atoms with E-state index in [4.69, 9.17) is 0 Å². The molecule has 0 bridgehead atoms. The Morgan fingerprint density at radius 3 is 2.62 bits per heavy atom. The molecule has 0 saturated heterocycles. The largest absolute Gasteiger partial charge is 0.300 e. The van der Waals surface area contributed by atoms with Gasteiger partial charge in [0.25, 0.3) is 0 Å². The molecular weight excluding hydrogens is 278 g/mol. The summed E-state index contributed by atoms with van der Waals surface area (Å²) in [5.41, 5.74) is 0.261. The van der Waals surface area contributed by atoms with E-state index in [0.29, 0.717) is 5.78 Å². The Morgan fingerprint density at radius 1 is 1.24 bits per heavy atom. The minimum atomic E-state index is 0.114. The Morgan fingerprint density at radius 2 is 2.00 bits per heavy atom. The van der Waals surface area contributed by atoms with Crippen molar-refractivity contribution in [2.75, 3.05) is 14.1 Å². The van der Waals surface area contributed by atoms with Gasteiger partial charge in [0.15, 0.2) is 0 Å². The SMILES string of the molecule is CN(C)[C@H]1C[C@](c2cccs2)(C2CCCCC2)CCC1=O. The van der Waals surface area contributed by atoms with E-state index in [-0.39, 0.29) is 11.5 Å². The molecule has 2 atom stereocenters. The maximum atomic E-state index is 12.3. The van der Waals surface area contributed by atoms with Gasteiger partial charge >= 0.3 is 0 Å². The first kappa shape index (κ1) is 15.2. The zero-order valence-corrected chi connectivity index (χ0v) is 14.1. The van der Waals surface area contributed by atoms with Crippen LogP contribution in [0.2, 0.25) is 0 Å². The summed E-state index contributed by atoms with van der Waals surface area (Å²) < 4.78 is 0. The van der Waals surface area contributed by atoms with E-state index in [0.717, 1.165) is 25.2 Å². The summed E-state index contributed by atoms with van der Waals surface area (Å²) >= 11 is 1.91. The van der Waals surface area contributed by atoms with E-state index >= 15 is 0 Å². The smallest absolute Gasteiger partial charge is 0.150 e. The van der Waals surface area contributed by atoms with Crippen molar-refractivity contribution < 1.29 is 4.79 Å². The highest BCUT2D eigenvalue weighted by Crippen LogP contribution is 2.51. The van der Waals surface area contributed by atoms with E-state index < -0.39 is 0 Å². The molecule has 116 valence electrons. The molecule has 3 rings (SSSR count). The molecule has 0 spiro atoms. The lowest BCUT2D eigenvalue weighted by Crippen LogP contribution is -2.50. The van der Waals surface area contributed by atoms with Gasteiger partial charge in [-0.3, -0.25) is 9.69 Å². The standard InChI is InChI=1S/C18H27NOS/c1-19(2)15-13-18(11-10-16(15)20,17-9-6-12-21-17)14-7-4-3-5-8-14/h6,9,12,14-15H,3-5,7-8,10-11,13H2,1-2H3/t15-,18-/m0/s1. The average Bonchev–Trinajstić information content (AvgIpc) is 3.03. The number of hydrogen-bond acceptors (Lipinski definition) is 3. The lowest BCUT2D eigenvalue weighted by molar-refractivity contribution is -0.127. The monoisotopic (exact) mass is 305 g/mol. The predicted octanol–water partition coefficient (Wildman–Crippen LogP) is 4.25. The Balaban J connectivity index is 1.94. The molecule has 0 unspecified atom stereocenters. The summed E-state index contributed by atoms with van der Waals surface area (Å²) in [5, 5.41) is 2.21. The van der Waals surface area contributed by atoms with Crippen LogP contribution in [0, 0.1) is 5.92 Å². The van der Waals surface area contributed by atoms with E-state index in [1.165, 1.54) is 37.0 Å². The highest BCUT2D eigenvalue weighted by molar-refractivity contribution is 7.10. The number of thiophene rings is 1. The van der Waals surface area contributed by atoms with Crippen molar-refractivity contribution >= 4 is 17.1 Å². The van der Waals surface area contributed by atoms with Gasteiger partial charge in [0.1, 0.15) is 5.78 Å². The van der Waals surface area contributed by atoms with E-state index in [2.05, 4.69) is 36.5 Å². The summed E-state index contributed by atoms with van der Waals surface area (Å²) in [6, 6.07) is 4.62. The third kappa shape index (κ3) is 2.83. The molecule has 2 fully saturated rings. The number of rotatable bonds is 3. The Hall–Kier alpha value is -0.670. The van der Waals surface area contributed by atoms with Gasteiger partial charge in [-0.25, -0.2) is 0 Å². The molecule has 1 aromatic rings. The Kier molecular flexibility index (Phi) is 4.51. The zero-order valence-electron chi connectivity index (χ0n) is 13.3. The lowest BCUT2D eigenvalue weighted by Gasteiger charge is -2.48. The topological polar surface area (TPSA) is 20.3 Å². The molecule has 21 heavy (non-hydrogen) atoms. The maximum absolute atomic E-state index is 12.3. The second-order valence-electron chi connectivity index (χ2n) is 7.12. The lowest BCUT2D eigenvalue weighted by atomic mass is 9.59. The second-order valence-corrected chi connectivity index (χ2v) is 8.07. The van der Waals surface area contributed by atoms with Gasteiger partial charge in [0.05, 0.1) is 6.04 Å². The highest BCUT2D eigenvalue weighted by Gasteiger charge is 2.47. The molecule has 3 heteroatoms. The summed E-state index contributed by atoms with van der Waals surface area (Å²) in [6.07, 6.45) is 9.71. The molecular formula is C18H27NOS. The molecule has 1 aromatic heterocycles. The normalized spacial score (nSPS) is 31.8. The summed E-state index contributed by atoms with van der Waals surface area (Å²) in [5.74, 6) is 1.23. The third-order valence-electron chi connectivity index (χ3n) is 5.77. The number of hydrogen-bond donors (Lipinski definition) is 0. The number of likely N-dealkylation sites (N-methyl/N-ethyl adjacent to an activating group) is 1. The zero-order chi connectivity index (χ0) is 14.9. The van der Waals surface area contributed by atoms with Crippen molar-refractivity contribution in [2.24, 2.45) is 5.92 Å². The van der Waals surface area contributed by atoms with Gasteiger partial charge < -0.3 is 0 Å². The van der Waals surface area contributed by atoms with Gasteiger partial charge in [-0.15, -0.1) is 11.3 Å². The fraction of sp³-hybridized carbons (Fsp3) is 0.722. The molecule has 0 amide bonds. The van der Waals surface area contributed by atoms with Gasteiger partial charge in [-0.05, 0) is 57.1 Å². The van der Waals surface area contributed by atoms with Crippen LogP contribution in [0.25, 0.3) is 0 Å². The first-order valence-corrected chi connectivity index (χ1v) is 9.24. The molecule has 0 aliphatic heterocycles. The van der Waals surface area contributed by atoms with Crippen LogP contribution < -0.4 is 0 Å². The molecule has 0 aromatic carbocycles. The van der Waals surface area contributed by atoms with Gasteiger partial charge in [0.2, 0.25) is 0 Å². The number of nitrogens with zero attached hydrogens (tertiary/aromatic N) is 1. The van der Waals surface area contributed by atoms with Crippen molar-refractivity contribution in [3.63, 3.8) is 0 Å². The van der Waals surface area contributed by atoms with Crippen LogP contribution in [0.5, 0.6) is 0 Å². The van der Waals surface area contributed by atoms with Crippen LogP contribution >= 0.6 is 11.3 Å². The molecule has 2 nitrogen and oxygen atoms in total. The minimum Gasteiger partial charge on any atom is -0.300 e. The quantitative estimate of drug-likeness (QED) is 0.832. The number of carbonyl (C=O) groups excluding carboxylic acids is 1. The van der Waals surface area contributed by atoms with Crippen LogP contribution in [0.15, 0.2) is 17.5 Å². The second kappa shape index (κ2) is 6.21. The van der Waals surface area contributed by atoms with E-state index in [9.17, 15) is 4.79 Å². The first-order chi connectivity index (χ1) is 10.1. The van der Waals surface area contributed by atoms with Crippen LogP contribution in [0.3, 0.4) is 0 Å². The fourth-order valence-corrected chi connectivity index (χ4v) is 5.60. The number of ketones is 1. The maximum Gasteiger partial charge on any atom is 0.150 e. The Labute approximate surface area is 132 Å². The van der Waals surface area contributed by atoms with E-state index in [1.54, 1.807) is 0 Å². The highest BCUT2D eigenvalue weighted by atomic mass is 32.1. The molecule has 2 saturated carbocycles. The predicted molar refractivity (Wildman–Crippen MR) is 88.9 cm³/mol. The third-order valence-corrected chi connectivity index (χ3v) is 6.86. The first-order valence-electron chi connectivity index (χ1n) is 8.36. The molecule has 0 radical (unpaired) electrons. The van der Waals surface area contributed by atoms with Gasteiger partial charge in [0, 0.05) is 16.7 Å². The average molecular weight is 305 g/mol. The van der Waals surface area contributed by atoms with Crippen LogP contribution in [0.4, 0.5) is 0 Å². The fourth-order valence-electron chi connectivity index (χ4n) is 4.56. The van der Waals surface area contributed by atoms with Crippen molar-refractivity contribution in [3.05, 3.63) is 22.4 Å². The van der Waals surface area contributed by atoms with Crippen molar-refractivity contribution in [1.29, 1.82) is 0 Å². The van der Waals surface area contributed by atoms with Gasteiger partial charge in [-0.1, -0.05) is 25.3 Å². The van der Waals surface area contributed by atoms with Crippen LogP contribution in [0.1, 0.15) is 56.2 Å². The van der Waals surface area contributed by atoms with Crippen molar-refractivity contribution in [3.8, 4) is 0 Å². The Bertz CT molecular complexity index is 475. The number of Topliss-reactive ketones (excluding diaryl/α,β-unsaturated/α-hetero) is 1. The van der Waals surface area contributed by atoms with Crippen molar-refractivity contribution in [1.82, 2.24) is 4.90 Å². The van der Waals surface area contributed by atoms with Crippen LogP contribution in [-0.2, 0) is 10.2 Å². The molecule has 1 heterocycles. The minimum absolute atomic E-state index is 0.114. The van der Waals surface area contributed by atoms with Gasteiger partial charge in [-0.2, -0.15) is 0 Å². The molecule has 2 aliphatic rings. The summed E-state index contributed by atoms with van der Waals surface area (Å²) in [6.45, 7) is 0.